The summed E-state index contributed by atoms with van der Waals surface area (Å²) < 4.78 is 15.1. The van der Waals surface area contributed by atoms with Gasteiger partial charge in [0.05, 0.1) is 22.6 Å². The Hall–Kier alpha value is -4.00. The molecular formula is C26H25FN4O2. The minimum absolute atomic E-state index is 0.270. The Kier molecular flexibility index (Phi) is 6.22. The lowest BCUT2D eigenvalue weighted by Crippen LogP contribution is -2.38. The van der Waals surface area contributed by atoms with Crippen LogP contribution < -0.4 is 10.9 Å². The smallest absolute Gasteiger partial charge is 0.317 e. The van der Waals surface area contributed by atoms with Crippen LogP contribution >= 0.6 is 0 Å². The van der Waals surface area contributed by atoms with Gasteiger partial charge in [0.15, 0.2) is 0 Å². The third-order valence-electron chi connectivity index (χ3n) is 5.75. The molecule has 4 rings (SSSR count). The Balaban J connectivity index is 1.83. The summed E-state index contributed by atoms with van der Waals surface area (Å²) >= 11 is 0. The number of amides is 2. The largest absolute Gasteiger partial charge is 0.322 e. The molecule has 0 fully saturated rings. The molecule has 1 atom stereocenters. The summed E-state index contributed by atoms with van der Waals surface area (Å²) in [4.78, 5) is 32.9. The minimum atomic E-state index is -0.503. The van der Waals surface area contributed by atoms with Crippen molar-refractivity contribution in [2.24, 2.45) is 0 Å². The second-order valence-corrected chi connectivity index (χ2v) is 7.88. The van der Waals surface area contributed by atoms with E-state index in [-0.39, 0.29) is 11.6 Å². The van der Waals surface area contributed by atoms with Crippen molar-refractivity contribution in [3.63, 3.8) is 0 Å². The number of carbonyl (C=O) groups excluding carboxylic acids is 1. The highest BCUT2D eigenvalue weighted by molar-refractivity contribution is 5.90. The summed E-state index contributed by atoms with van der Waals surface area (Å²) in [6.07, 6.45) is 0.518. The van der Waals surface area contributed by atoms with Crippen LogP contribution in [0.15, 0.2) is 77.6 Å². The number of aryl methyl sites for hydroxylation is 1. The van der Waals surface area contributed by atoms with Gasteiger partial charge in [-0.1, -0.05) is 37.3 Å². The van der Waals surface area contributed by atoms with Crippen LogP contribution in [-0.2, 0) is 0 Å². The lowest BCUT2D eigenvalue weighted by Gasteiger charge is -2.29. The molecule has 1 unspecified atom stereocenters. The molecule has 0 saturated heterocycles. The van der Waals surface area contributed by atoms with E-state index >= 15 is 0 Å². The third kappa shape index (κ3) is 4.35. The van der Waals surface area contributed by atoms with Crippen LogP contribution in [0.25, 0.3) is 16.6 Å². The van der Waals surface area contributed by atoms with E-state index < -0.39 is 11.9 Å². The van der Waals surface area contributed by atoms with Crippen LogP contribution in [0.5, 0.6) is 0 Å². The van der Waals surface area contributed by atoms with E-state index in [2.05, 4.69) is 5.32 Å². The van der Waals surface area contributed by atoms with Crippen molar-refractivity contribution in [2.45, 2.75) is 26.3 Å². The molecule has 2 amide bonds. The van der Waals surface area contributed by atoms with E-state index in [0.717, 1.165) is 5.56 Å². The number of fused-ring (bicyclic) bond motifs is 1. The molecule has 1 heterocycles. The summed E-state index contributed by atoms with van der Waals surface area (Å²) in [7, 11) is 1.68. The number of nitrogens with one attached hydrogen (secondary N) is 1. The summed E-state index contributed by atoms with van der Waals surface area (Å²) in [5.74, 6) is 0.0131. The van der Waals surface area contributed by atoms with Crippen LogP contribution in [-0.4, -0.2) is 27.5 Å². The van der Waals surface area contributed by atoms with Crippen molar-refractivity contribution in [3.05, 3.63) is 100 Å². The molecule has 6 nitrogen and oxygen atoms in total. The number of benzene rings is 3. The van der Waals surface area contributed by atoms with Gasteiger partial charge in [-0.25, -0.2) is 14.2 Å². The normalized spacial score (nSPS) is 11.9. The Morgan fingerprint density at radius 3 is 2.42 bits per heavy atom. The number of halogens is 1. The predicted molar refractivity (Wildman–Crippen MR) is 128 cm³/mol. The minimum Gasteiger partial charge on any atom is -0.317 e. The van der Waals surface area contributed by atoms with Gasteiger partial charge in [0, 0.05) is 12.7 Å². The maximum absolute atomic E-state index is 13.6. The molecule has 0 aliphatic heterocycles. The maximum Gasteiger partial charge on any atom is 0.322 e. The molecule has 1 N–H and O–H groups in total. The number of nitrogens with zero attached hydrogens (tertiary/aromatic N) is 3. The number of hydrogen-bond acceptors (Lipinski definition) is 3. The number of para-hydroxylation sites is 2. The monoisotopic (exact) mass is 444 g/mol. The lowest BCUT2D eigenvalue weighted by molar-refractivity contribution is 0.199. The van der Waals surface area contributed by atoms with Gasteiger partial charge in [-0.05, 0) is 61.4 Å². The van der Waals surface area contributed by atoms with Gasteiger partial charge in [-0.15, -0.1) is 0 Å². The van der Waals surface area contributed by atoms with E-state index in [9.17, 15) is 14.0 Å². The van der Waals surface area contributed by atoms with Crippen LogP contribution in [0.4, 0.5) is 14.9 Å². The standard InChI is InChI=1S/C26H25FN4O2/c1-4-23(30(3)26(33)29-21-11-7-5-9-17(21)2)24-28-22-12-8-6-10-20(22)25(32)31(24)19-15-13-18(27)14-16-19/h5-16,23H,4H2,1-3H3,(H,29,33). The average molecular weight is 445 g/mol. The summed E-state index contributed by atoms with van der Waals surface area (Å²) in [6, 6.07) is 19.5. The molecule has 4 aromatic rings. The molecule has 0 aliphatic rings. The molecule has 3 aromatic carbocycles. The number of rotatable bonds is 5. The van der Waals surface area contributed by atoms with E-state index in [1.54, 1.807) is 30.1 Å². The van der Waals surface area contributed by atoms with Gasteiger partial charge in [-0.2, -0.15) is 0 Å². The van der Waals surface area contributed by atoms with Crippen molar-refractivity contribution in [3.8, 4) is 5.69 Å². The molecule has 0 spiro atoms. The number of hydrogen-bond donors (Lipinski definition) is 1. The SMILES string of the molecule is CCC(c1nc2ccccc2c(=O)n1-c1ccc(F)cc1)N(C)C(=O)Nc1ccccc1C. The Bertz CT molecular complexity index is 1370. The number of aromatic nitrogens is 2. The quantitative estimate of drug-likeness (QED) is 0.445. The first-order valence-corrected chi connectivity index (χ1v) is 10.8. The van der Waals surface area contributed by atoms with E-state index in [0.29, 0.717) is 34.5 Å². The van der Waals surface area contributed by atoms with Crippen molar-refractivity contribution in [1.82, 2.24) is 14.5 Å². The third-order valence-corrected chi connectivity index (χ3v) is 5.75. The fourth-order valence-electron chi connectivity index (χ4n) is 3.90. The van der Waals surface area contributed by atoms with Crippen LogP contribution in [0.2, 0.25) is 0 Å². The van der Waals surface area contributed by atoms with Gasteiger partial charge in [-0.3, -0.25) is 9.36 Å². The van der Waals surface area contributed by atoms with E-state index in [1.165, 1.54) is 28.8 Å². The fourth-order valence-corrected chi connectivity index (χ4v) is 3.90. The van der Waals surface area contributed by atoms with Crippen molar-refractivity contribution >= 4 is 22.6 Å². The van der Waals surface area contributed by atoms with Gasteiger partial charge in [0.1, 0.15) is 11.6 Å². The molecule has 33 heavy (non-hydrogen) atoms. The highest BCUT2D eigenvalue weighted by Gasteiger charge is 2.26. The molecule has 0 aliphatic carbocycles. The summed E-state index contributed by atoms with van der Waals surface area (Å²) in [5.41, 5.74) is 2.42. The number of carbonyl (C=O) groups is 1. The Labute approximate surface area is 191 Å². The summed E-state index contributed by atoms with van der Waals surface area (Å²) in [5, 5.41) is 3.39. The lowest BCUT2D eigenvalue weighted by atomic mass is 10.1. The maximum atomic E-state index is 13.6. The fraction of sp³-hybridized carbons (Fsp3) is 0.192. The zero-order valence-electron chi connectivity index (χ0n) is 18.7. The first kappa shape index (κ1) is 22.2. The molecule has 0 radical (unpaired) electrons. The number of urea groups is 1. The molecule has 0 saturated carbocycles. The van der Waals surface area contributed by atoms with Crippen LogP contribution in [0.1, 0.15) is 30.8 Å². The first-order valence-electron chi connectivity index (χ1n) is 10.8. The molecular weight excluding hydrogens is 419 g/mol. The van der Waals surface area contributed by atoms with E-state index in [4.69, 9.17) is 4.98 Å². The van der Waals surface area contributed by atoms with Crippen molar-refractivity contribution < 1.29 is 9.18 Å². The molecule has 168 valence electrons. The zero-order chi connectivity index (χ0) is 23.5. The van der Waals surface area contributed by atoms with Crippen molar-refractivity contribution in [2.75, 3.05) is 12.4 Å². The second kappa shape index (κ2) is 9.24. The summed E-state index contributed by atoms with van der Waals surface area (Å²) in [6.45, 7) is 3.85. The molecule has 1 aromatic heterocycles. The van der Waals surface area contributed by atoms with E-state index in [1.807, 2.05) is 44.2 Å². The zero-order valence-corrected chi connectivity index (χ0v) is 18.7. The molecule has 7 heteroatoms. The van der Waals surface area contributed by atoms with Gasteiger partial charge in [0.25, 0.3) is 5.56 Å². The van der Waals surface area contributed by atoms with Crippen LogP contribution in [0.3, 0.4) is 0 Å². The highest BCUT2D eigenvalue weighted by Crippen LogP contribution is 2.26. The molecule has 0 bridgehead atoms. The van der Waals surface area contributed by atoms with Gasteiger partial charge < -0.3 is 10.2 Å². The first-order chi connectivity index (χ1) is 15.9. The van der Waals surface area contributed by atoms with Crippen LogP contribution in [0, 0.1) is 12.7 Å². The van der Waals surface area contributed by atoms with Gasteiger partial charge >= 0.3 is 6.03 Å². The Morgan fingerprint density at radius 1 is 1.06 bits per heavy atom. The topological polar surface area (TPSA) is 67.2 Å². The highest BCUT2D eigenvalue weighted by atomic mass is 19.1. The average Bonchev–Trinajstić information content (AvgIpc) is 2.82. The van der Waals surface area contributed by atoms with Gasteiger partial charge in [0.2, 0.25) is 0 Å². The van der Waals surface area contributed by atoms with Crippen molar-refractivity contribution in [1.29, 1.82) is 0 Å². The second-order valence-electron chi connectivity index (χ2n) is 7.88. The predicted octanol–water partition coefficient (Wildman–Crippen LogP) is 5.45. The Morgan fingerprint density at radius 2 is 1.73 bits per heavy atom. The number of anilines is 1.